The van der Waals surface area contributed by atoms with Crippen molar-refractivity contribution in [1.29, 1.82) is 0 Å². The minimum Gasteiger partial charge on any atom is -0.508 e. The molecule has 0 spiro atoms. The van der Waals surface area contributed by atoms with Crippen LogP contribution < -0.4 is 10.6 Å². The summed E-state index contributed by atoms with van der Waals surface area (Å²) < 4.78 is 0. The van der Waals surface area contributed by atoms with Gasteiger partial charge in [0.1, 0.15) is 5.75 Å². The van der Waals surface area contributed by atoms with E-state index in [0.29, 0.717) is 6.54 Å². The molecule has 1 amide bonds. The molecule has 0 radical (unpaired) electrons. The maximum absolute atomic E-state index is 11.0. The molecule has 3 N–H and O–H groups in total. The molecule has 0 atom stereocenters. The zero-order valence-electron chi connectivity index (χ0n) is 9.93. The third-order valence-corrected chi connectivity index (χ3v) is 3.28. The molecule has 0 fully saturated rings. The lowest BCUT2D eigenvalue weighted by Crippen LogP contribution is -2.08. The standard InChI is InChI=1S/C13H14N2O2S/c1-9(16)15-12-5-6-18-13(12)8-14-10-3-2-4-11(17)7-10/h2-7,14,17H,8H2,1H3,(H,15,16). The van der Waals surface area contributed by atoms with E-state index in [4.69, 9.17) is 0 Å². The molecule has 0 saturated carbocycles. The van der Waals surface area contributed by atoms with Crippen molar-refractivity contribution in [2.75, 3.05) is 10.6 Å². The van der Waals surface area contributed by atoms with Crippen molar-refractivity contribution in [2.45, 2.75) is 13.5 Å². The van der Waals surface area contributed by atoms with Gasteiger partial charge in [-0.15, -0.1) is 11.3 Å². The highest BCUT2D eigenvalue weighted by molar-refractivity contribution is 7.10. The maximum Gasteiger partial charge on any atom is 0.221 e. The molecule has 4 nitrogen and oxygen atoms in total. The molecule has 2 rings (SSSR count). The fourth-order valence-electron chi connectivity index (χ4n) is 1.58. The number of hydrogen-bond donors (Lipinski definition) is 3. The number of rotatable bonds is 4. The van der Waals surface area contributed by atoms with Gasteiger partial charge >= 0.3 is 0 Å². The van der Waals surface area contributed by atoms with Crippen LogP contribution in [0.3, 0.4) is 0 Å². The third kappa shape index (κ3) is 3.24. The molecular weight excluding hydrogens is 248 g/mol. The van der Waals surface area contributed by atoms with Gasteiger partial charge in [-0.3, -0.25) is 4.79 Å². The Labute approximate surface area is 109 Å². The summed E-state index contributed by atoms with van der Waals surface area (Å²) in [6.45, 7) is 2.10. The van der Waals surface area contributed by atoms with Gasteiger partial charge in [0.15, 0.2) is 0 Å². The largest absolute Gasteiger partial charge is 0.508 e. The number of nitrogens with one attached hydrogen (secondary N) is 2. The van der Waals surface area contributed by atoms with E-state index in [1.165, 1.54) is 6.92 Å². The van der Waals surface area contributed by atoms with Gasteiger partial charge in [-0.2, -0.15) is 0 Å². The maximum atomic E-state index is 11.0. The number of carbonyl (C=O) groups is 1. The van der Waals surface area contributed by atoms with Crippen LogP contribution in [-0.4, -0.2) is 11.0 Å². The van der Waals surface area contributed by atoms with Crippen molar-refractivity contribution in [3.05, 3.63) is 40.6 Å². The molecule has 0 aliphatic heterocycles. The highest BCUT2D eigenvalue weighted by atomic mass is 32.1. The molecule has 0 aliphatic carbocycles. The average molecular weight is 262 g/mol. The predicted molar refractivity (Wildman–Crippen MR) is 74.1 cm³/mol. The van der Waals surface area contributed by atoms with E-state index in [9.17, 15) is 9.90 Å². The van der Waals surface area contributed by atoms with Crippen molar-refractivity contribution in [3.63, 3.8) is 0 Å². The average Bonchev–Trinajstić information content (AvgIpc) is 2.73. The Hall–Kier alpha value is -2.01. The van der Waals surface area contributed by atoms with Gasteiger partial charge in [0.2, 0.25) is 5.91 Å². The monoisotopic (exact) mass is 262 g/mol. The lowest BCUT2D eigenvalue weighted by molar-refractivity contribution is -0.114. The van der Waals surface area contributed by atoms with Crippen LogP contribution in [0.5, 0.6) is 5.75 Å². The SMILES string of the molecule is CC(=O)Nc1ccsc1CNc1cccc(O)c1. The van der Waals surface area contributed by atoms with Crippen molar-refractivity contribution < 1.29 is 9.90 Å². The van der Waals surface area contributed by atoms with E-state index in [1.54, 1.807) is 29.5 Å². The molecule has 94 valence electrons. The molecule has 18 heavy (non-hydrogen) atoms. The topological polar surface area (TPSA) is 61.4 Å². The van der Waals surface area contributed by atoms with E-state index in [0.717, 1.165) is 16.3 Å². The van der Waals surface area contributed by atoms with Crippen molar-refractivity contribution >= 4 is 28.6 Å². The first kappa shape index (κ1) is 12.4. The lowest BCUT2D eigenvalue weighted by Gasteiger charge is -2.07. The van der Waals surface area contributed by atoms with E-state index in [1.807, 2.05) is 17.5 Å². The number of hydrogen-bond acceptors (Lipinski definition) is 4. The normalized spacial score (nSPS) is 10.1. The summed E-state index contributed by atoms with van der Waals surface area (Å²) in [5.74, 6) is 0.153. The lowest BCUT2D eigenvalue weighted by atomic mass is 10.3. The fraction of sp³-hybridized carbons (Fsp3) is 0.154. The van der Waals surface area contributed by atoms with Crippen LogP contribution in [0.2, 0.25) is 0 Å². The molecule has 0 bridgehead atoms. The Morgan fingerprint density at radius 3 is 2.94 bits per heavy atom. The molecule has 1 heterocycles. The van der Waals surface area contributed by atoms with Gasteiger partial charge in [-0.05, 0) is 23.6 Å². The molecule has 1 aromatic heterocycles. The molecule has 1 aromatic carbocycles. The van der Waals surface area contributed by atoms with Crippen LogP contribution >= 0.6 is 11.3 Å². The van der Waals surface area contributed by atoms with Gasteiger partial charge in [0, 0.05) is 23.6 Å². The van der Waals surface area contributed by atoms with Crippen molar-refractivity contribution in [2.24, 2.45) is 0 Å². The second kappa shape index (κ2) is 5.55. The zero-order valence-corrected chi connectivity index (χ0v) is 10.8. The molecule has 0 unspecified atom stereocenters. The summed E-state index contributed by atoms with van der Waals surface area (Å²) in [5, 5.41) is 17.3. The Balaban J connectivity index is 2.02. The quantitative estimate of drug-likeness (QED) is 0.793. The van der Waals surface area contributed by atoms with Gasteiger partial charge in [0.05, 0.1) is 12.2 Å². The Bertz CT molecular complexity index is 551. The zero-order chi connectivity index (χ0) is 13.0. The minimum atomic E-state index is -0.0768. The highest BCUT2D eigenvalue weighted by Crippen LogP contribution is 2.24. The minimum absolute atomic E-state index is 0.0768. The second-order valence-corrected chi connectivity index (χ2v) is 4.84. The number of benzene rings is 1. The van der Waals surface area contributed by atoms with Crippen LogP contribution in [0.4, 0.5) is 11.4 Å². The van der Waals surface area contributed by atoms with Crippen molar-refractivity contribution in [3.8, 4) is 5.75 Å². The van der Waals surface area contributed by atoms with Crippen LogP contribution in [0.1, 0.15) is 11.8 Å². The predicted octanol–water partition coefficient (Wildman–Crippen LogP) is 3.02. The number of carbonyl (C=O) groups excluding carboxylic acids is 1. The first-order chi connectivity index (χ1) is 8.65. The van der Waals surface area contributed by atoms with E-state index < -0.39 is 0 Å². The first-order valence-electron chi connectivity index (χ1n) is 5.52. The smallest absolute Gasteiger partial charge is 0.221 e. The van der Waals surface area contributed by atoms with E-state index in [-0.39, 0.29) is 11.7 Å². The summed E-state index contributed by atoms with van der Waals surface area (Å²) in [5.41, 5.74) is 1.68. The van der Waals surface area contributed by atoms with Gasteiger partial charge in [-0.1, -0.05) is 6.07 Å². The van der Waals surface area contributed by atoms with Crippen LogP contribution in [-0.2, 0) is 11.3 Å². The Morgan fingerprint density at radius 1 is 1.39 bits per heavy atom. The van der Waals surface area contributed by atoms with Crippen molar-refractivity contribution in [1.82, 2.24) is 0 Å². The molecule has 0 saturated heterocycles. The highest BCUT2D eigenvalue weighted by Gasteiger charge is 2.05. The van der Waals surface area contributed by atoms with E-state index in [2.05, 4.69) is 10.6 Å². The van der Waals surface area contributed by atoms with Crippen LogP contribution in [0.25, 0.3) is 0 Å². The van der Waals surface area contributed by atoms with Gasteiger partial charge < -0.3 is 15.7 Å². The molecule has 5 heteroatoms. The number of phenolic OH excluding ortho intramolecular Hbond substituents is 1. The summed E-state index contributed by atoms with van der Waals surface area (Å²) in [7, 11) is 0. The fourth-order valence-corrected chi connectivity index (χ4v) is 2.35. The number of aromatic hydroxyl groups is 1. The molecule has 0 aliphatic rings. The molecular formula is C13H14N2O2S. The number of thiophene rings is 1. The van der Waals surface area contributed by atoms with E-state index >= 15 is 0 Å². The third-order valence-electron chi connectivity index (χ3n) is 2.36. The van der Waals surface area contributed by atoms with Gasteiger partial charge in [0.25, 0.3) is 0 Å². The van der Waals surface area contributed by atoms with Gasteiger partial charge in [-0.25, -0.2) is 0 Å². The number of phenols is 1. The number of anilines is 2. The first-order valence-corrected chi connectivity index (χ1v) is 6.40. The Kier molecular flexibility index (Phi) is 3.84. The van der Waals surface area contributed by atoms with Crippen LogP contribution in [0, 0.1) is 0 Å². The Morgan fingerprint density at radius 2 is 2.22 bits per heavy atom. The summed E-state index contributed by atoms with van der Waals surface area (Å²) >= 11 is 1.58. The van der Waals surface area contributed by atoms with Crippen LogP contribution in [0.15, 0.2) is 35.7 Å². The summed E-state index contributed by atoms with van der Waals surface area (Å²) in [4.78, 5) is 12.1. The second-order valence-electron chi connectivity index (χ2n) is 3.84. The summed E-state index contributed by atoms with van der Waals surface area (Å²) in [6, 6.07) is 8.82. The molecule has 2 aromatic rings. The summed E-state index contributed by atoms with van der Waals surface area (Å²) in [6.07, 6.45) is 0. The number of amides is 1.